The highest BCUT2D eigenvalue weighted by atomic mass is 19.4. The number of carbonyl (C=O) groups excluding carboxylic acids is 1. The molecule has 0 radical (unpaired) electrons. The smallest absolute Gasteiger partial charge is 0.451 e. The van der Waals surface area contributed by atoms with Crippen LogP contribution in [0.2, 0.25) is 0 Å². The molecule has 3 rings (SSSR count). The highest BCUT2D eigenvalue weighted by Crippen LogP contribution is 2.28. The third-order valence-electron chi connectivity index (χ3n) is 5.01. The second kappa shape index (κ2) is 8.30. The molecule has 0 N–H and O–H groups in total. The SMILES string of the molecule is CCOc1ccc(CC(=O)N2CCC(n3nc(C(F)(F)F)n(C)c3=O)CC2)cc1. The van der Waals surface area contributed by atoms with Crippen molar-refractivity contribution in [2.75, 3.05) is 19.7 Å². The summed E-state index contributed by atoms with van der Waals surface area (Å²) in [5.74, 6) is -0.531. The van der Waals surface area contributed by atoms with Gasteiger partial charge in [-0.1, -0.05) is 12.1 Å². The molecule has 1 amide bonds. The number of piperidine rings is 1. The summed E-state index contributed by atoms with van der Waals surface area (Å²) in [5, 5.41) is 3.49. The molecule has 0 unspecified atom stereocenters. The van der Waals surface area contributed by atoms with Crippen molar-refractivity contribution in [2.24, 2.45) is 7.05 Å². The molecule has 29 heavy (non-hydrogen) atoms. The van der Waals surface area contributed by atoms with Crippen molar-refractivity contribution in [1.82, 2.24) is 19.2 Å². The number of ether oxygens (including phenoxy) is 1. The quantitative estimate of drug-likeness (QED) is 0.756. The zero-order valence-corrected chi connectivity index (χ0v) is 16.3. The van der Waals surface area contributed by atoms with Crippen molar-refractivity contribution < 1.29 is 22.7 Å². The number of aromatic nitrogens is 3. The van der Waals surface area contributed by atoms with E-state index in [0.717, 1.165) is 23.0 Å². The van der Waals surface area contributed by atoms with E-state index in [4.69, 9.17) is 4.74 Å². The third kappa shape index (κ3) is 4.63. The van der Waals surface area contributed by atoms with Crippen LogP contribution in [0.5, 0.6) is 5.75 Å². The third-order valence-corrected chi connectivity index (χ3v) is 5.01. The second-order valence-corrected chi connectivity index (χ2v) is 6.97. The Morgan fingerprint density at radius 2 is 1.83 bits per heavy atom. The molecule has 2 aromatic rings. The molecule has 1 aromatic carbocycles. The van der Waals surface area contributed by atoms with Gasteiger partial charge in [0.15, 0.2) is 0 Å². The number of nitrogens with zero attached hydrogens (tertiary/aromatic N) is 4. The van der Waals surface area contributed by atoms with Crippen molar-refractivity contribution in [3.05, 3.63) is 46.1 Å². The number of carbonyl (C=O) groups is 1. The molecule has 1 aromatic heterocycles. The number of rotatable bonds is 5. The van der Waals surface area contributed by atoms with Crippen LogP contribution in [-0.4, -0.2) is 44.9 Å². The maximum atomic E-state index is 13.0. The highest BCUT2D eigenvalue weighted by Gasteiger charge is 2.39. The van der Waals surface area contributed by atoms with E-state index < -0.39 is 23.7 Å². The number of halogens is 3. The molecule has 10 heteroatoms. The number of benzene rings is 1. The summed E-state index contributed by atoms with van der Waals surface area (Å²) in [5.41, 5.74) is 0.0628. The number of hydrogen-bond donors (Lipinski definition) is 0. The van der Waals surface area contributed by atoms with Gasteiger partial charge >= 0.3 is 11.9 Å². The Hall–Kier alpha value is -2.78. The van der Waals surface area contributed by atoms with Gasteiger partial charge in [-0.25, -0.2) is 9.48 Å². The van der Waals surface area contributed by atoms with Gasteiger partial charge in [0.25, 0.3) is 0 Å². The lowest BCUT2D eigenvalue weighted by Crippen LogP contribution is -2.41. The van der Waals surface area contributed by atoms with Crippen LogP contribution < -0.4 is 10.4 Å². The predicted molar refractivity (Wildman–Crippen MR) is 98.6 cm³/mol. The van der Waals surface area contributed by atoms with Crippen LogP contribution in [0.25, 0.3) is 0 Å². The first-order chi connectivity index (χ1) is 13.7. The van der Waals surface area contributed by atoms with Gasteiger partial charge in [-0.2, -0.15) is 13.2 Å². The van der Waals surface area contributed by atoms with E-state index in [2.05, 4.69) is 5.10 Å². The minimum atomic E-state index is -4.69. The van der Waals surface area contributed by atoms with Gasteiger partial charge in [-0.05, 0) is 37.5 Å². The van der Waals surface area contributed by atoms with E-state index in [9.17, 15) is 22.8 Å². The van der Waals surface area contributed by atoms with Crippen LogP contribution in [0.15, 0.2) is 29.1 Å². The van der Waals surface area contributed by atoms with Crippen molar-refractivity contribution in [2.45, 2.75) is 38.4 Å². The summed E-state index contributed by atoms with van der Waals surface area (Å²) in [6, 6.07) is 6.83. The highest BCUT2D eigenvalue weighted by molar-refractivity contribution is 5.78. The molecule has 0 saturated carbocycles. The Labute approximate surface area is 165 Å². The minimum Gasteiger partial charge on any atom is -0.494 e. The Bertz CT molecular complexity index is 910. The van der Waals surface area contributed by atoms with Crippen LogP contribution in [0.3, 0.4) is 0 Å². The van der Waals surface area contributed by atoms with Gasteiger partial charge in [-0.3, -0.25) is 9.36 Å². The maximum Gasteiger partial charge on any atom is 0.451 e. The predicted octanol–water partition coefficient (Wildman–Crippen LogP) is 2.41. The minimum absolute atomic E-state index is 0.0584. The molecule has 158 valence electrons. The molecular formula is C19H23F3N4O3. The van der Waals surface area contributed by atoms with Crippen LogP contribution in [0, 0.1) is 0 Å². The topological polar surface area (TPSA) is 69.4 Å². The van der Waals surface area contributed by atoms with Gasteiger partial charge in [0, 0.05) is 20.1 Å². The zero-order chi connectivity index (χ0) is 21.2. The van der Waals surface area contributed by atoms with Gasteiger partial charge in [0.05, 0.1) is 19.1 Å². The zero-order valence-electron chi connectivity index (χ0n) is 16.3. The summed E-state index contributed by atoms with van der Waals surface area (Å²) in [7, 11) is 1.06. The Kier molecular flexibility index (Phi) is 5.99. The number of amides is 1. The summed E-state index contributed by atoms with van der Waals surface area (Å²) in [6.45, 7) is 3.19. The summed E-state index contributed by atoms with van der Waals surface area (Å²) in [6.07, 6.45) is -3.70. The molecule has 0 spiro atoms. The van der Waals surface area contributed by atoms with Gasteiger partial charge in [0.2, 0.25) is 11.7 Å². The summed E-state index contributed by atoms with van der Waals surface area (Å²) in [4.78, 5) is 26.3. The molecule has 7 nitrogen and oxygen atoms in total. The average molecular weight is 412 g/mol. The first-order valence-electron chi connectivity index (χ1n) is 9.43. The van der Waals surface area contributed by atoms with E-state index >= 15 is 0 Å². The number of hydrogen-bond acceptors (Lipinski definition) is 4. The molecule has 1 aliphatic rings. The fourth-order valence-corrected chi connectivity index (χ4v) is 3.46. The normalized spacial score (nSPS) is 15.6. The van der Waals surface area contributed by atoms with Crippen molar-refractivity contribution in [1.29, 1.82) is 0 Å². The summed E-state index contributed by atoms with van der Waals surface area (Å²) < 4.78 is 45.7. The van der Waals surface area contributed by atoms with Crippen LogP contribution in [-0.2, 0) is 24.4 Å². The van der Waals surface area contributed by atoms with Crippen LogP contribution >= 0.6 is 0 Å². The Morgan fingerprint density at radius 1 is 1.21 bits per heavy atom. The average Bonchev–Trinajstić information content (AvgIpc) is 2.99. The fourth-order valence-electron chi connectivity index (χ4n) is 3.46. The molecule has 2 heterocycles. The van der Waals surface area contributed by atoms with E-state index in [0.29, 0.717) is 37.1 Å². The molecular weight excluding hydrogens is 389 g/mol. The number of likely N-dealkylation sites (tertiary alicyclic amines) is 1. The fraction of sp³-hybridized carbons (Fsp3) is 0.526. The lowest BCUT2D eigenvalue weighted by atomic mass is 10.0. The second-order valence-electron chi connectivity index (χ2n) is 6.97. The van der Waals surface area contributed by atoms with Gasteiger partial charge < -0.3 is 9.64 Å². The number of alkyl halides is 3. The standard InChI is InChI=1S/C19H23F3N4O3/c1-3-29-15-6-4-13(5-7-15)12-16(27)25-10-8-14(9-11-25)26-18(28)24(2)17(23-26)19(20,21)22/h4-7,14H,3,8-12H2,1-2H3. The monoisotopic (exact) mass is 412 g/mol. The van der Waals surface area contributed by atoms with Crippen LogP contribution in [0.4, 0.5) is 13.2 Å². The lowest BCUT2D eigenvalue weighted by Gasteiger charge is -2.31. The van der Waals surface area contributed by atoms with Crippen LogP contribution in [0.1, 0.15) is 37.2 Å². The maximum absolute atomic E-state index is 13.0. The first-order valence-corrected chi connectivity index (χ1v) is 9.43. The van der Waals surface area contributed by atoms with Crippen molar-refractivity contribution in [3.63, 3.8) is 0 Å². The van der Waals surface area contributed by atoms with Crippen molar-refractivity contribution >= 4 is 5.91 Å². The van der Waals surface area contributed by atoms with Crippen molar-refractivity contribution in [3.8, 4) is 5.75 Å². The Balaban J connectivity index is 1.60. The van der Waals surface area contributed by atoms with Gasteiger partial charge in [-0.15, -0.1) is 5.10 Å². The first kappa shape index (κ1) is 20.9. The molecule has 1 fully saturated rings. The molecule has 1 saturated heterocycles. The van der Waals surface area contributed by atoms with E-state index in [1.165, 1.54) is 0 Å². The Morgan fingerprint density at radius 3 is 2.34 bits per heavy atom. The molecule has 1 aliphatic heterocycles. The molecule has 0 aliphatic carbocycles. The lowest BCUT2D eigenvalue weighted by molar-refractivity contribution is -0.147. The van der Waals surface area contributed by atoms with E-state index in [1.807, 2.05) is 31.2 Å². The molecule has 0 atom stereocenters. The summed E-state index contributed by atoms with van der Waals surface area (Å²) >= 11 is 0. The van der Waals surface area contributed by atoms with E-state index in [1.54, 1.807) is 4.90 Å². The largest absolute Gasteiger partial charge is 0.494 e. The molecule has 0 bridgehead atoms. The van der Waals surface area contributed by atoms with Gasteiger partial charge in [0.1, 0.15) is 5.75 Å². The van der Waals surface area contributed by atoms with E-state index in [-0.39, 0.29) is 12.3 Å².